The molecule has 0 saturated carbocycles. The largest absolute Gasteiger partial charge is 0.323 e. The monoisotopic (exact) mass is 267 g/mol. The average Bonchev–Trinajstić information content (AvgIpc) is 2.43. The maximum atomic E-state index is 12.3. The van der Waals surface area contributed by atoms with E-state index in [1.54, 1.807) is 0 Å². The zero-order valence-electron chi connectivity index (χ0n) is 10.9. The number of unbranched alkanes of at least 4 members (excludes halogenated alkanes) is 1. The standard InChI is InChI=1S/C14H22NO2P/c1-2-3-4-8-11-18(16,13-15)17-12-14-9-6-5-7-10-14/h4-10H,2-3,11-13,15H2,1H3/b8-4+/t18-/m1/s1. The van der Waals surface area contributed by atoms with Gasteiger partial charge in [-0.05, 0) is 12.0 Å². The van der Waals surface area contributed by atoms with E-state index in [2.05, 4.69) is 6.92 Å². The van der Waals surface area contributed by atoms with Gasteiger partial charge in [0.1, 0.15) is 0 Å². The Hall–Kier alpha value is -0.890. The van der Waals surface area contributed by atoms with Crippen molar-refractivity contribution in [3.8, 4) is 0 Å². The number of hydrogen-bond acceptors (Lipinski definition) is 3. The molecule has 1 aromatic carbocycles. The summed E-state index contributed by atoms with van der Waals surface area (Å²) in [6.07, 6.45) is 6.57. The summed E-state index contributed by atoms with van der Waals surface area (Å²) >= 11 is 0. The molecule has 0 aliphatic rings. The van der Waals surface area contributed by atoms with Crippen molar-refractivity contribution in [3.63, 3.8) is 0 Å². The van der Waals surface area contributed by atoms with Gasteiger partial charge in [0.15, 0.2) is 0 Å². The molecule has 0 saturated heterocycles. The molecule has 1 aromatic rings. The highest BCUT2D eigenvalue weighted by Crippen LogP contribution is 2.45. The molecule has 0 aliphatic carbocycles. The first kappa shape index (κ1) is 15.2. The minimum absolute atomic E-state index is 0.0936. The second-order valence-electron chi connectivity index (χ2n) is 4.20. The van der Waals surface area contributed by atoms with E-state index in [0.717, 1.165) is 18.4 Å². The molecule has 1 rings (SSSR count). The minimum Gasteiger partial charge on any atom is -0.323 e. The second-order valence-corrected chi connectivity index (χ2v) is 6.82. The second kappa shape index (κ2) is 8.25. The zero-order chi connectivity index (χ0) is 13.3. The highest BCUT2D eigenvalue weighted by Gasteiger charge is 2.19. The van der Waals surface area contributed by atoms with Gasteiger partial charge in [-0.2, -0.15) is 0 Å². The lowest BCUT2D eigenvalue weighted by atomic mass is 10.2. The Bertz CT molecular complexity index is 404. The Morgan fingerprint density at radius 1 is 1.28 bits per heavy atom. The third kappa shape index (κ3) is 5.63. The van der Waals surface area contributed by atoms with Gasteiger partial charge in [0.05, 0.1) is 12.9 Å². The van der Waals surface area contributed by atoms with Crippen LogP contribution in [0.5, 0.6) is 0 Å². The summed E-state index contributed by atoms with van der Waals surface area (Å²) in [4.78, 5) is 0. The van der Waals surface area contributed by atoms with Crippen LogP contribution in [0.25, 0.3) is 0 Å². The van der Waals surface area contributed by atoms with Crippen molar-refractivity contribution in [1.82, 2.24) is 0 Å². The molecule has 2 N–H and O–H groups in total. The molecule has 3 nitrogen and oxygen atoms in total. The summed E-state index contributed by atoms with van der Waals surface area (Å²) in [5.74, 6) is 0. The summed E-state index contributed by atoms with van der Waals surface area (Å²) in [6, 6.07) is 9.72. The molecule has 0 fully saturated rings. The van der Waals surface area contributed by atoms with Crippen LogP contribution in [-0.2, 0) is 15.7 Å². The van der Waals surface area contributed by atoms with Crippen LogP contribution in [-0.4, -0.2) is 12.4 Å². The van der Waals surface area contributed by atoms with Gasteiger partial charge in [-0.15, -0.1) is 0 Å². The first-order valence-electron chi connectivity index (χ1n) is 6.32. The summed E-state index contributed by atoms with van der Waals surface area (Å²) in [6.45, 7) is 2.47. The van der Waals surface area contributed by atoms with Crippen LogP contribution in [0.3, 0.4) is 0 Å². The summed E-state index contributed by atoms with van der Waals surface area (Å²) in [5.41, 5.74) is 6.58. The maximum Gasteiger partial charge on any atom is 0.220 e. The molecule has 0 heterocycles. The normalized spacial score (nSPS) is 14.8. The Morgan fingerprint density at radius 3 is 2.61 bits per heavy atom. The Kier molecular flexibility index (Phi) is 6.96. The van der Waals surface area contributed by atoms with Gasteiger partial charge in [0.25, 0.3) is 0 Å². The molecular weight excluding hydrogens is 245 g/mol. The van der Waals surface area contributed by atoms with E-state index in [9.17, 15) is 4.57 Å². The van der Waals surface area contributed by atoms with Crippen LogP contribution < -0.4 is 5.73 Å². The zero-order valence-corrected chi connectivity index (χ0v) is 11.8. The van der Waals surface area contributed by atoms with Crippen molar-refractivity contribution < 1.29 is 9.09 Å². The lowest BCUT2D eigenvalue weighted by Crippen LogP contribution is -2.06. The van der Waals surface area contributed by atoms with E-state index in [4.69, 9.17) is 10.3 Å². The molecule has 0 spiro atoms. The summed E-state index contributed by atoms with van der Waals surface area (Å²) < 4.78 is 17.8. The van der Waals surface area contributed by atoms with Crippen molar-refractivity contribution in [2.24, 2.45) is 5.73 Å². The first-order valence-corrected chi connectivity index (χ1v) is 8.31. The number of benzene rings is 1. The van der Waals surface area contributed by atoms with Crippen LogP contribution in [0.2, 0.25) is 0 Å². The van der Waals surface area contributed by atoms with Crippen LogP contribution in [0.1, 0.15) is 25.3 Å². The van der Waals surface area contributed by atoms with Gasteiger partial charge in [0, 0.05) is 6.16 Å². The molecule has 0 bridgehead atoms. The highest BCUT2D eigenvalue weighted by atomic mass is 31.2. The molecule has 0 amide bonds. The van der Waals surface area contributed by atoms with Crippen molar-refractivity contribution in [1.29, 1.82) is 0 Å². The van der Waals surface area contributed by atoms with Crippen LogP contribution in [0.4, 0.5) is 0 Å². The number of hydrogen-bond donors (Lipinski definition) is 1. The fraction of sp³-hybridized carbons (Fsp3) is 0.429. The molecule has 18 heavy (non-hydrogen) atoms. The number of allylic oxidation sites excluding steroid dienone is 2. The predicted octanol–water partition coefficient (Wildman–Crippen LogP) is 3.75. The fourth-order valence-electron chi connectivity index (χ4n) is 1.47. The molecule has 0 radical (unpaired) electrons. The average molecular weight is 267 g/mol. The van der Waals surface area contributed by atoms with Gasteiger partial charge in [0.2, 0.25) is 7.37 Å². The van der Waals surface area contributed by atoms with Gasteiger partial charge in [-0.25, -0.2) is 0 Å². The van der Waals surface area contributed by atoms with Crippen LogP contribution in [0.15, 0.2) is 42.5 Å². The number of nitrogens with two attached hydrogens (primary N) is 1. The van der Waals surface area contributed by atoms with Gasteiger partial charge < -0.3 is 10.3 Å². The van der Waals surface area contributed by atoms with E-state index in [1.807, 2.05) is 42.5 Å². The number of rotatable bonds is 8. The van der Waals surface area contributed by atoms with Gasteiger partial charge in [-0.3, -0.25) is 4.57 Å². The molecule has 1 atom stereocenters. The SMILES string of the molecule is CCC/C=C/C[P@](=O)(CN)OCc1ccccc1. The third-order valence-electron chi connectivity index (χ3n) is 2.59. The fourth-order valence-corrected chi connectivity index (χ4v) is 2.68. The van der Waals surface area contributed by atoms with E-state index >= 15 is 0 Å². The highest BCUT2D eigenvalue weighted by molar-refractivity contribution is 7.59. The maximum absolute atomic E-state index is 12.3. The minimum atomic E-state index is -2.71. The smallest absolute Gasteiger partial charge is 0.220 e. The molecule has 0 unspecified atom stereocenters. The molecular formula is C14H22NO2P. The summed E-state index contributed by atoms with van der Waals surface area (Å²) in [5, 5.41) is 0. The van der Waals surface area contributed by atoms with E-state index in [0.29, 0.717) is 12.8 Å². The summed E-state index contributed by atoms with van der Waals surface area (Å²) in [7, 11) is -2.71. The molecule has 100 valence electrons. The van der Waals surface area contributed by atoms with Crippen LogP contribution in [0, 0.1) is 0 Å². The Labute approximate surface area is 109 Å². The quantitative estimate of drug-likeness (QED) is 0.576. The van der Waals surface area contributed by atoms with E-state index < -0.39 is 7.37 Å². The van der Waals surface area contributed by atoms with Crippen molar-refractivity contribution >= 4 is 7.37 Å². The first-order chi connectivity index (χ1) is 8.70. The Balaban J connectivity index is 2.47. The lowest BCUT2D eigenvalue weighted by Gasteiger charge is -2.15. The topological polar surface area (TPSA) is 52.3 Å². The van der Waals surface area contributed by atoms with Crippen LogP contribution >= 0.6 is 7.37 Å². The molecule has 0 aliphatic heterocycles. The van der Waals surface area contributed by atoms with Crippen molar-refractivity contribution in [2.45, 2.75) is 26.4 Å². The van der Waals surface area contributed by atoms with E-state index in [-0.39, 0.29) is 6.29 Å². The van der Waals surface area contributed by atoms with Gasteiger partial charge in [-0.1, -0.05) is 55.8 Å². The van der Waals surface area contributed by atoms with Crippen molar-refractivity contribution in [3.05, 3.63) is 48.0 Å². The lowest BCUT2D eigenvalue weighted by molar-refractivity contribution is 0.304. The predicted molar refractivity (Wildman–Crippen MR) is 76.8 cm³/mol. The molecule has 4 heteroatoms. The Morgan fingerprint density at radius 2 is 2.00 bits per heavy atom. The van der Waals surface area contributed by atoms with Crippen molar-refractivity contribution in [2.75, 3.05) is 12.4 Å². The molecule has 0 aromatic heterocycles. The van der Waals surface area contributed by atoms with Gasteiger partial charge >= 0.3 is 0 Å². The third-order valence-corrected chi connectivity index (χ3v) is 4.52. The van der Waals surface area contributed by atoms with E-state index in [1.165, 1.54) is 0 Å².